The summed E-state index contributed by atoms with van der Waals surface area (Å²) in [6.45, 7) is 7.23. The Hall–Kier alpha value is -0.990. The first-order valence-corrected chi connectivity index (χ1v) is 5.78. The molecule has 0 heterocycles. The van der Waals surface area contributed by atoms with Crippen LogP contribution in [0.5, 0.6) is 5.75 Å². The van der Waals surface area contributed by atoms with E-state index in [-0.39, 0.29) is 0 Å². The molecule has 0 aliphatic carbocycles. The van der Waals surface area contributed by atoms with Crippen molar-refractivity contribution >= 4 is 11.6 Å². The van der Waals surface area contributed by atoms with Crippen LogP contribution in [0, 0.1) is 0 Å². The largest absolute Gasteiger partial charge is 0.489 e. The molecule has 2 nitrogen and oxygen atoms in total. The number of ether oxygens (including phenoxy) is 1. The zero-order valence-corrected chi connectivity index (χ0v) is 10.6. The summed E-state index contributed by atoms with van der Waals surface area (Å²) in [4.78, 5) is 0. The number of nitrogens with one attached hydrogen (secondary N) is 1. The minimum Gasteiger partial charge on any atom is -0.489 e. The third-order valence-electron chi connectivity index (χ3n) is 2.36. The Kier molecular flexibility index (Phi) is 5.36. The average Bonchev–Trinajstić information content (AvgIpc) is 2.29. The first-order valence-electron chi connectivity index (χ1n) is 5.40. The summed E-state index contributed by atoms with van der Waals surface area (Å²) in [5, 5.41) is 3.81. The van der Waals surface area contributed by atoms with Crippen molar-refractivity contribution < 1.29 is 4.74 Å². The molecule has 0 amide bonds. The molecule has 1 rings (SSSR count). The summed E-state index contributed by atoms with van der Waals surface area (Å²) in [7, 11) is 1.89. The van der Waals surface area contributed by atoms with Gasteiger partial charge >= 0.3 is 0 Å². The third-order valence-corrected chi connectivity index (χ3v) is 2.72. The highest BCUT2D eigenvalue weighted by atomic mass is 35.5. The van der Waals surface area contributed by atoms with Crippen molar-refractivity contribution in [2.45, 2.75) is 19.9 Å². The van der Waals surface area contributed by atoms with E-state index in [9.17, 15) is 0 Å². The van der Waals surface area contributed by atoms with E-state index >= 15 is 0 Å². The monoisotopic (exact) mass is 239 g/mol. The second-order valence-corrected chi connectivity index (χ2v) is 4.05. The summed E-state index contributed by atoms with van der Waals surface area (Å²) in [5.41, 5.74) is 2.07. The predicted octanol–water partition coefficient (Wildman–Crippen LogP) is 3.40. The zero-order valence-electron chi connectivity index (χ0n) is 9.85. The van der Waals surface area contributed by atoms with Crippen LogP contribution < -0.4 is 10.1 Å². The molecule has 0 bridgehead atoms. The third kappa shape index (κ3) is 3.54. The molecule has 1 aromatic carbocycles. The molecule has 0 fully saturated rings. The Morgan fingerprint density at radius 1 is 1.50 bits per heavy atom. The zero-order chi connectivity index (χ0) is 12.0. The quantitative estimate of drug-likeness (QED) is 0.769. The normalized spacial score (nSPS) is 10.2. The molecule has 0 spiro atoms. The van der Waals surface area contributed by atoms with Crippen molar-refractivity contribution in [2.75, 3.05) is 13.7 Å². The van der Waals surface area contributed by atoms with Gasteiger partial charge in [0.1, 0.15) is 12.4 Å². The second-order valence-electron chi connectivity index (χ2n) is 3.64. The summed E-state index contributed by atoms with van der Waals surface area (Å²) in [5.74, 6) is 0.830. The fourth-order valence-electron chi connectivity index (χ4n) is 1.30. The average molecular weight is 240 g/mol. The lowest BCUT2D eigenvalue weighted by molar-refractivity contribution is 0.344. The van der Waals surface area contributed by atoms with E-state index in [2.05, 4.69) is 18.8 Å². The van der Waals surface area contributed by atoms with Crippen molar-refractivity contribution in [2.24, 2.45) is 0 Å². The molecule has 0 atom stereocenters. The molecule has 0 unspecified atom stereocenters. The summed E-state index contributed by atoms with van der Waals surface area (Å²) in [6, 6.07) is 5.70. The standard InChI is InChI=1S/C13H18ClNO/c1-4-10(2)9-16-13-7-5-6-12(14)11(13)8-15-3/h5-7,15H,2,4,8-9H2,1,3H3. The second kappa shape index (κ2) is 6.56. The van der Waals surface area contributed by atoms with Gasteiger partial charge in [-0.25, -0.2) is 0 Å². The minimum atomic E-state index is 0.549. The van der Waals surface area contributed by atoms with Crippen LogP contribution in [-0.2, 0) is 6.54 Å². The number of rotatable bonds is 6. The van der Waals surface area contributed by atoms with Gasteiger partial charge in [0.25, 0.3) is 0 Å². The maximum atomic E-state index is 6.11. The van der Waals surface area contributed by atoms with E-state index in [1.165, 1.54) is 0 Å². The van der Waals surface area contributed by atoms with E-state index in [0.717, 1.165) is 28.3 Å². The smallest absolute Gasteiger partial charge is 0.125 e. The van der Waals surface area contributed by atoms with E-state index < -0.39 is 0 Å². The van der Waals surface area contributed by atoms with Gasteiger partial charge in [-0.15, -0.1) is 0 Å². The van der Waals surface area contributed by atoms with Crippen molar-refractivity contribution in [3.05, 3.63) is 40.9 Å². The lowest BCUT2D eigenvalue weighted by atomic mass is 10.2. The molecule has 0 saturated carbocycles. The van der Waals surface area contributed by atoms with Crippen molar-refractivity contribution in [1.29, 1.82) is 0 Å². The van der Waals surface area contributed by atoms with Crippen LogP contribution in [-0.4, -0.2) is 13.7 Å². The van der Waals surface area contributed by atoms with E-state index in [4.69, 9.17) is 16.3 Å². The molecule has 16 heavy (non-hydrogen) atoms. The molecule has 0 aliphatic heterocycles. The number of hydrogen-bond acceptors (Lipinski definition) is 2. The predicted molar refractivity (Wildman–Crippen MR) is 69.1 cm³/mol. The Morgan fingerprint density at radius 3 is 2.88 bits per heavy atom. The van der Waals surface area contributed by atoms with E-state index in [0.29, 0.717) is 13.2 Å². The van der Waals surface area contributed by atoms with Crippen LogP contribution in [0.3, 0.4) is 0 Å². The SMILES string of the molecule is C=C(CC)COc1cccc(Cl)c1CNC. The molecule has 0 radical (unpaired) electrons. The van der Waals surface area contributed by atoms with Crippen LogP contribution in [0.15, 0.2) is 30.4 Å². The fourth-order valence-corrected chi connectivity index (χ4v) is 1.54. The lowest BCUT2D eigenvalue weighted by Gasteiger charge is -2.13. The number of hydrogen-bond donors (Lipinski definition) is 1. The summed E-state index contributed by atoms with van der Waals surface area (Å²) >= 11 is 6.11. The highest BCUT2D eigenvalue weighted by molar-refractivity contribution is 6.31. The van der Waals surface area contributed by atoms with Gasteiger partial charge in [0.05, 0.1) is 0 Å². The first-order chi connectivity index (χ1) is 7.69. The molecule has 3 heteroatoms. The van der Waals surface area contributed by atoms with Gasteiger partial charge in [0.15, 0.2) is 0 Å². The number of benzene rings is 1. The van der Waals surface area contributed by atoms with Crippen LogP contribution in [0.1, 0.15) is 18.9 Å². The Morgan fingerprint density at radius 2 is 2.25 bits per heavy atom. The molecule has 88 valence electrons. The molecule has 0 saturated heterocycles. The molecule has 0 aromatic heterocycles. The van der Waals surface area contributed by atoms with Crippen LogP contribution >= 0.6 is 11.6 Å². The Bertz CT molecular complexity index is 363. The van der Waals surface area contributed by atoms with E-state index in [1.807, 2.05) is 25.2 Å². The maximum absolute atomic E-state index is 6.11. The van der Waals surface area contributed by atoms with Crippen molar-refractivity contribution in [3.63, 3.8) is 0 Å². The van der Waals surface area contributed by atoms with Gasteiger partial charge in [0, 0.05) is 17.1 Å². The summed E-state index contributed by atoms with van der Waals surface area (Å²) in [6.07, 6.45) is 0.932. The minimum absolute atomic E-state index is 0.549. The molecule has 0 aliphatic rings. The van der Waals surface area contributed by atoms with Gasteiger partial charge in [-0.3, -0.25) is 0 Å². The highest BCUT2D eigenvalue weighted by Gasteiger charge is 2.07. The van der Waals surface area contributed by atoms with Crippen molar-refractivity contribution in [3.8, 4) is 5.75 Å². The summed E-state index contributed by atoms with van der Waals surface area (Å²) < 4.78 is 5.70. The van der Waals surface area contributed by atoms with Gasteiger partial charge in [-0.2, -0.15) is 0 Å². The van der Waals surface area contributed by atoms with Crippen LogP contribution in [0.4, 0.5) is 0 Å². The van der Waals surface area contributed by atoms with Gasteiger partial charge in [-0.05, 0) is 31.2 Å². The van der Waals surface area contributed by atoms with Gasteiger partial charge in [-0.1, -0.05) is 31.2 Å². The first kappa shape index (κ1) is 13.1. The number of halogens is 1. The van der Waals surface area contributed by atoms with Gasteiger partial charge in [0.2, 0.25) is 0 Å². The maximum Gasteiger partial charge on any atom is 0.125 e. The molecular formula is C13H18ClNO. The molecule has 1 aromatic rings. The Balaban J connectivity index is 2.78. The van der Waals surface area contributed by atoms with Crippen LogP contribution in [0.2, 0.25) is 5.02 Å². The lowest BCUT2D eigenvalue weighted by Crippen LogP contribution is -2.09. The van der Waals surface area contributed by atoms with Crippen LogP contribution in [0.25, 0.3) is 0 Å². The fraction of sp³-hybridized carbons (Fsp3) is 0.385. The Labute approximate surface area is 102 Å². The van der Waals surface area contributed by atoms with Crippen molar-refractivity contribution in [1.82, 2.24) is 5.32 Å². The van der Waals surface area contributed by atoms with E-state index in [1.54, 1.807) is 0 Å². The van der Waals surface area contributed by atoms with Gasteiger partial charge < -0.3 is 10.1 Å². The topological polar surface area (TPSA) is 21.3 Å². The molecule has 1 N–H and O–H groups in total. The highest BCUT2D eigenvalue weighted by Crippen LogP contribution is 2.26. The molecular weight excluding hydrogens is 222 g/mol.